The van der Waals surface area contributed by atoms with Crippen LogP contribution in [0.25, 0.3) is 0 Å². The van der Waals surface area contributed by atoms with Crippen LogP contribution >= 0.6 is 24.0 Å². The number of rotatable bonds is 5. The first-order valence-corrected chi connectivity index (χ1v) is 10.3. The number of nitrogens with one attached hydrogen (secondary N) is 2. The lowest BCUT2D eigenvalue weighted by Gasteiger charge is -2.14. The Labute approximate surface area is 178 Å². The van der Waals surface area contributed by atoms with Crippen molar-refractivity contribution < 1.29 is 9.59 Å². The van der Waals surface area contributed by atoms with Gasteiger partial charge in [0.25, 0.3) is 11.8 Å². The molecule has 2 N–H and O–H groups in total. The minimum Gasteiger partial charge on any atom is -0.332 e. The van der Waals surface area contributed by atoms with Gasteiger partial charge in [-0.25, -0.2) is 0 Å². The molecule has 0 fully saturated rings. The van der Waals surface area contributed by atoms with Gasteiger partial charge in [-0.05, 0) is 60.7 Å². The summed E-state index contributed by atoms with van der Waals surface area (Å²) < 4.78 is 0. The summed E-state index contributed by atoms with van der Waals surface area (Å²) in [6.07, 6.45) is 0. The normalized spacial score (nSPS) is 12.6. The zero-order chi connectivity index (χ0) is 20.2. The number of amides is 2. The number of carbonyl (C=O) groups excluding carboxylic acids is 2. The van der Waals surface area contributed by atoms with E-state index in [2.05, 4.69) is 10.6 Å². The molecule has 3 aromatic rings. The van der Waals surface area contributed by atoms with Gasteiger partial charge in [0.1, 0.15) is 0 Å². The number of benzene rings is 3. The molecule has 0 aliphatic carbocycles. The average molecular weight is 420 g/mol. The molecule has 3 aromatic carbocycles. The molecule has 0 spiro atoms. The fourth-order valence-corrected chi connectivity index (χ4v) is 4.02. The van der Waals surface area contributed by atoms with Gasteiger partial charge in [-0.3, -0.25) is 14.5 Å². The number of thioether (sulfide) groups is 1. The van der Waals surface area contributed by atoms with Crippen LogP contribution in [0.1, 0.15) is 20.7 Å². The van der Waals surface area contributed by atoms with Gasteiger partial charge in [-0.2, -0.15) is 0 Å². The molecule has 0 radical (unpaired) electrons. The second kappa shape index (κ2) is 8.46. The smallest absolute Gasteiger partial charge is 0.262 e. The number of carbonyl (C=O) groups is 2. The van der Waals surface area contributed by atoms with Gasteiger partial charge in [-0.15, -0.1) is 11.8 Å². The third-order valence-electron chi connectivity index (χ3n) is 4.38. The number of hydrogen-bond acceptors (Lipinski definition) is 4. The van der Waals surface area contributed by atoms with Crippen molar-refractivity contribution in [2.75, 3.05) is 16.5 Å². The molecule has 1 aliphatic heterocycles. The Morgan fingerprint density at radius 2 is 1.28 bits per heavy atom. The molecule has 0 atom stereocenters. The monoisotopic (exact) mass is 419 g/mol. The van der Waals surface area contributed by atoms with Crippen LogP contribution in [-0.4, -0.2) is 27.7 Å². The van der Waals surface area contributed by atoms with Crippen molar-refractivity contribution >= 4 is 52.3 Å². The molecule has 0 saturated carbocycles. The first kappa shape index (κ1) is 19.2. The highest BCUT2D eigenvalue weighted by Crippen LogP contribution is 2.27. The summed E-state index contributed by atoms with van der Waals surface area (Å²) in [5.41, 5.74) is 2.70. The van der Waals surface area contributed by atoms with Crippen molar-refractivity contribution in [2.24, 2.45) is 0 Å². The molecule has 0 saturated heterocycles. The van der Waals surface area contributed by atoms with Gasteiger partial charge in [-0.1, -0.05) is 30.3 Å². The lowest BCUT2D eigenvalue weighted by Crippen LogP contribution is -2.29. The molecular weight excluding hydrogens is 402 g/mol. The standard InChI is InChI=1S/C22H17N3O2S2/c26-20-18-8-4-5-9-19(18)21(27)25(20)14-29-17-12-10-16(11-13-17)24-22(28)23-15-6-2-1-3-7-15/h1-13H,14H2,(H2,23,24,28). The zero-order valence-electron chi connectivity index (χ0n) is 15.3. The first-order valence-electron chi connectivity index (χ1n) is 8.93. The third kappa shape index (κ3) is 4.31. The number of anilines is 2. The van der Waals surface area contributed by atoms with E-state index >= 15 is 0 Å². The van der Waals surface area contributed by atoms with Crippen LogP contribution in [0.4, 0.5) is 11.4 Å². The number of para-hydroxylation sites is 1. The van der Waals surface area contributed by atoms with Gasteiger partial charge >= 0.3 is 0 Å². The van der Waals surface area contributed by atoms with Crippen LogP contribution in [0, 0.1) is 0 Å². The topological polar surface area (TPSA) is 61.4 Å². The maximum Gasteiger partial charge on any atom is 0.262 e. The van der Waals surface area contributed by atoms with E-state index in [1.165, 1.54) is 16.7 Å². The molecule has 0 aromatic heterocycles. The zero-order valence-corrected chi connectivity index (χ0v) is 16.9. The Hall–Kier alpha value is -3.16. The van der Waals surface area contributed by atoms with Crippen LogP contribution < -0.4 is 10.6 Å². The average Bonchev–Trinajstić information content (AvgIpc) is 2.98. The highest BCUT2D eigenvalue weighted by molar-refractivity contribution is 7.99. The summed E-state index contributed by atoms with van der Waals surface area (Å²) in [6, 6.07) is 24.3. The first-order chi connectivity index (χ1) is 14.1. The minimum absolute atomic E-state index is 0.242. The lowest BCUT2D eigenvalue weighted by atomic mass is 10.1. The Bertz CT molecular complexity index is 1030. The van der Waals surface area contributed by atoms with Crippen molar-refractivity contribution in [1.29, 1.82) is 0 Å². The van der Waals surface area contributed by atoms with E-state index in [1.807, 2.05) is 54.6 Å². The summed E-state index contributed by atoms with van der Waals surface area (Å²) in [4.78, 5) is 27.1. The summed E-state index contributed by atoms with van der Waals surface area (Å²) in [5, 5.41) is 6.75. The van der Waals surface area contributed by atoms with Crippen LogP contribution in [0.5, 0.6) is 0 Å². The van der Waals surface area contributed by atoms with E-state index < -0.39 is 0 Å². The van der Waals surface area contributed by atoms with Crippen molar-refractivity contribution in [1.82, 2.24) is 4.90 Å². The molecular formula is C22H17N3O2S2. The van der Waals surface area contributed by atoms with E-state index in [4.69, 9.17) is 12.2 Å². The number of fused-ring (bicyclic) bond motifs is 1. The fourth-order valence-electron chi connectivity index (χ4n) is 2.94. The fraction of sp³-hybridized carbons (Fsp3) is 0.0455. The Kier molecular flexibility index (Phi) is 5.59. The summed E-state index contributed by atoms with van der Waals surface area (Å²) in [7, 11) is 0. The lowest BCUT2D eigenvalue weighted by molar-refractivity contribution is 0.0684. The molecule has 1 aliphatic rings. The second-order valence-electron chi connectivity index (χ2n) is 6.33. The van der Waals surface area contributed by atoms with Gasteiger partial charge < -0.3 is 10.6 Å². The molecule has 0 bridgehead atoms. The van der Waals surface area contributed by atoms with E-state index in [-0.39, 0.29) is 17.7 Å². The number of thiocarbonyl (C=S) groups is 1. The van der Waals surface area contributed by atoms with Crippen molar-refractivity contribution in [2.45, 2.75) is 4.90 Å². The molecule has 144 valence electrons. The molecule has 4 rings (SSSR count). The predicted octanol–water partition coefficient (Wildman–Crippen LogP) is 4.84. The molecule has 29 heavy (non-hydrogen) atoms. The number of hydrogen-bond donors (Lipinski definition) is 2. The maximum atomic E-state index is 12.4. The minimum atomic E-state index is -0.242. The summed E-state index contributed by atoms with van der Waals surface area (Å²) in [6.45, 7) is 0. The van der Waals surface area contributed by atoms with Crippen LogP contribution in [0.15, 0.2) is 83.8 Å². The van der Waals surface area contributed by atoms with Crippen LogP contribution in [0.3, 0.4) is 0 Å². The summed E-state index contributed by atoms with van der Waals surface area (Å²) in [5.74, 6) is -0.213. The molecule has 5 nitrogen and oxygen atoms in total. The SMILES string of the molecule is O=C1c2ccccc2C(=O)N1CSc1ccc(NC(=S)Nc2ccccc2)cc1. The van der Waals surface area contributed by atoms with Crippen LogP contribution in [-0.2, 0) is 0 Å². The van der Waals surface area contributed by atoms with Gasteiger partial charge in [0, 0.05) is 16.3 Å². The highest BCUT2D eigenvalue weighted by Gasteiger charge is 2.34. The second-order valence-corrected chi connectivity index (χ2v) is 7.75. The van der Waals surface area contributed by atoms with Crippen molar-refractivity contribution in [3.8, 4) is 0 Å². The highest BCUT2D eigenvalue weighted by atomic mass is 32.2. The van der Waals surface area contributed by atoms with Crippen LogP contribution in [0.2, 0.25) is 0 Å². The van der Waals surface area contributed by atoms with Gasteiger partial charge in [0.05, 0.1) is 17.0 Å². The number of imide groups is 1. The Morgan fingerprint density at radius 1 is 0.759 bits per heavy atom. The quantitative estimate of drug-likeness (QED) is 0.351. The third-order valence-corrected chi connectivity index (χ3v) is 5.58. The molecule has 7 heteroatoms. The van der Waals surface area contributed by atoms with E-state index in [9.17, 15) is 9.59 Å². The van der Waals surface area contributed by atoms with E-state index in [0.29, 0.717) is 16.2 Å². The van der Waals surface area contributed by atoms with Gasteiger partial charge in [0.15, 0.2) is 5.11 Å². The number of nitrogens with zero attached hydrogens (tertiary/aromatic N) is 1. The molecule has 2 amide bonds. The van der Waals surface area contributed by atoms with Gasteiger partial charge in [0.2, 0.25) is 0 Å². The predicted molar refractivity (Wildman–Crippen MR) is 120 cm³/mol. The Balaban J connectivity index is 1.33. The van der Waals surface area contributed by atoms with Crippen molar-refractivity contribution in [3.05, 3.63) is 90.0 Å². The summed E-state index contributed by atoms with van der Waals surface area (Å²) >= 11 is 6.76. The molecule has 1 heterocycles. The van der Waals surface area contributed by atoms with Crippen molar-refractivity contribution in [3.63, 3.8) is 0 Å². The van der Waals surface area contributed by atoms with E-state index in [1.54, 1.807) is 24.3 Å². The largest absolute Gasteiger partial charge is 0.332 e. The maximum absolute atomic E-state index is 12.4. The van der Waals surface area contributed by atoms with E-state index in [0.717, 1.165) is 16.3 Å². The Morgan fingerprint density at radius 3 is 1.86 bits per heavy atom. The molecule has 0 unspecified atom stereocenters.